The molecule has 1 N–H and O–H groups in total. The van der Waals surface area contributed by atoms with Gasteiger partial charge in [0.15, 0.2) is 6.61 Å². The number of rotatable bonds is 8. The molecule has 0 saturated heterocycles. The quantitative estimate of drug-likeness (QED) is 0.566. The van der Waals surface area contributed by atoms with E-state index in [0.717, 1.165) is 23.6 Å². The standard InChI is InChI=1S/C21H26N6O3/c1-5-26(17-8-6-7-14(2)11-17)10-9-22-18(28)13-30-20(29)19-24-21-23-15(3)12-16(4)27(21)25-19/h6-8,11-12H,5,9-10,13H2,1-4H3,(H,22,28). The molecular formula is C21H26N6O3. The second kappa shape index (κ2) is 9.34. The summed E-state index contributed by atoms with van der Waals surface area (Å²) >= 11 is 0. The Morgan fingerprint density at radius 1 is 1.17 bits per heavy atom. The first kappa shape index (κ1) is 21.2. The molecule has 9 nitrogen and oxygen atoms in total. The third kappa shape index (κ3) is 5.11. The number of benzene rings is 1. The molecule has 30 heavy (non-hydrogen) atoms. The zero-order valence-electron chi connectivity index (χ0n) is 17.7. The van der Waals surface area contributed by atoms with Crippen molar-refractivity contribution in [2.24, 2.45) is 0 Å². The lowest BCUT2D eigenvalue weighted by Crippen LogP contribution is -2.37. The number of carbonyl (C=O) groups is 2. The van der Waals surface area contributed by atoms with Crippen LogP contribution < -0.4 is 10.2 Å². The van der Waals surface area contributed by atoms with Crippen LogP contribution in [-0.2, 0) is 9.53 Å². The van der Waals surface area contributed by atoms with Crippen molar-refractivity contribution in [3.05, 3.63) is 53.1 Å². The highest BCUT2D eigenvalue weighted by molar-refractivity contribution is 5.88. The summed E-state index contributed by atoms with van der Waals surface area (Å²) in [4.78, 5) is 34.7. The maximum Gasteiger partial charge on any atom is 0.378 e. The average molecular weight is 410 g/mol. The Morgan fingerprint density at radius 2 is 1.97 bits per heavy atom. The van der Waals surface area contributed by atoms with E-state index in [1.54, 1.807) is 0 Å². The molecule has 2 aromatic heterocycles. The molecule has 0 bridgehead atoms. The summed E-state index contributed by atoms with van der Waals surface area (Å²) in [6.07, 6.45) is 0. The second-order valence-electron chi connectivity index (χ2n) is 7.03. The smallest absolute Gasteiger partial charge is 0.378 e. The number of hydrogen-bond acceptors (Lipinski definition) is 7. The van der Waals surface area contributed by atoms with Gasteiger partial charge in [-0.3, -0.25) is 4.79 Å². The molecule has 1 aromatic carbocycles. The molecular weight excluding hydrogens is 384 g/mol. The van der Waals surface area contributed by atoms with Crippen LogP contribution >= 0.6 is 0 Å². The van der Waals surface area contributed by atoms with Crippen molar-refractivity contribution in [1.29, 1.82) is 0 Å². The molecule has 9 heteroatoms. The molecule has 0 aliphatic carbocycles. The van der Waals surface area contributed by atoms with E-state index >= 15 is 0 Å². The molecule has 158 valence electrons. The van der Waals surface area contributed by atoms with E-state index in [-0.39, 0.29) is 11.7 Å². The lowest BCUT2D eigenvalue weighted by molar-refractivity contribution is -0.124. The van der Waals surface area contributed by atoms with Gasteiger partial charge >= 0.3 is 5.97 Å². The molecule has 1 amide bonds. The molecule has 2 heterocycles. The third-order valence-electron chi connectivity index (χ3n) is 4.59. The molecule has 3 aromatic rings. The molecule has 0 aliphatic rings. The Labute approximate surface area is 175 Å². The number of anilines is 1. The number of nitrogens with zero attached hydrogens (tertiary/aromatic N) is 5. The topological polar surface area (TPSA) is 102 Å². The number of esters is 1. The number of nitrogens with one attached hydrogen (secondary N) is 1. The number of likely N-dealkylation sites (N-methyl/N-ethyl adjacent to an activating group) is 1. The van der Waals surface area contributed by atoms with Crippen molar-refractivity contribution in [3.63, 3.8) is 0 Å². The lowest BCUT2D eigenvalue weighted by atomic mass is 10.2. The van der Waals surface area contributed by atoms with Gasteiger partial charge in [0, 0.05) is 36.7 Å². The number of carbonyl (C=O) groups excluding carboxylic acids is 2. The minimum Gasteiger partial charge on any atom is -0.450 e. The average Bonchev–Trinajstić information content (AvgIpc) is 3.14. The van der Waals surface area contributed by atoms with Gasteiger partial charge in [0.25, 0.3) is 17.5 Å². The number of aryl methyl sites for hydroxylation is 3. The van der Waals surface area contributed by atoms with Crippen molar-refractivity contribution in [2.45, 2.75) is 27.7 Å². The SMILES string of the molecule is CCN(CCNC(=O)COC(=O)c1nc2nc(C)cc(C)n2n1)c1cccc(C)c1. The first-order valence-electron chi connectivity index (χ1n) is 9.84. The fourth-order valence-electron chi connectivity index (χ4n) is 3.12. The normalized spacial score (nSPS) is 10.8. The molecule has 0 spiro atoms. The maximum absolute atomic E-state index is 12.2. The number of ether oxygens (including phenoxy) is 1. The van der Waals surface area contributed by atoms with Gasteiger partial charge in [-0.15, -0.1) is 5.10 Å². The van der Waals surface area contributed by atoms with Gasteiger partial charge in [-0.05, 0) is 51.5 Å². The Hall–Kier alpha value is -3.49. The zero-order chi connectivity index (χ0) is 21.7. The molecule has 3 rings (SSSR count). The van der Waals surface area contributed by atoms with Gasteiger partial charge in [-0.1, -0.05) is 12.1 Å². The number of aromatic nitrogens is 4. The van der Waals surface area contributed by atoms with Crippen LogP contribution in [0.1, 0.15) is 34.5 Å². The Balaban J connectivity index is 1.48. The fourth-order valence-corrected chi connectivity index (χ4v) is 3.12. The summed E-state index contributed by atoms with van der Waals surface area (Å²) in [7, 11) is 0. The van der Waals surface area contributed by atoms with Crippen molar-refractivity contribution in [3.8, 4) is 0 Å². The summed E-state index contributed by atoms with van der Waals surface area (Å²) in [5, 5.41) is 6.86. The number of hydrogen-bond donors (Lipinski definition) is 1. The number of amides is 1. The monoisotopic (exact) mass is 410 g/mol. The van der Waals surface area contributed by atoms with Crippen molar-refractivity contribution in [1.82, 2.24) is 24.9 Å². The predicted molar refractivity (Wildman–Crippen MR) is 113 cm³/mol. The van der Waals surface area contributed by atoms with Gasteiger partial charge in [0.05, 0.1) is 0 Å². The summed E-state index contributed by atoms with van der Waals surface area (Å²) in [5.74, 6) is -0.944. The third-order valence-corrected chi connectivity index (χ3v) is 4.59. The van der Waals surface area contributed by atoms with E-state index in [1.807, 2.05) is 45.0 Å². The van der Waals surface area contributed by atoms with Crippen LogP contribution in [0.3, 0.4) is 0 Å². The van der Waals surface area contributed by atoms with Gasteiger partial charge < -0.3 is 15.0 Å². The van der Waals surface area contributed by atoms with Crippen LogP contribution in [0.2, 0.25) is 0 Å². The maximum atomic E-state index is 12.2. The highest BCUT2D eigenvalue weighted by atomic mass is 16.5. The second-order valence-corrected chi connectivity index (χ2v) is 7.03. The Kier molecular flexibility index (Phi) is 6.61. The summed E-state index contributed by atoms with van der Waals surface area (Å²) in [5.41, 5.74) is 3.87. The highest BCUT2D eigenvalue weighted by Gasteiger charge is 2.17. The van der Waals surface area contributed by atoms with Crippen LogP contribution in [0.5, 0.6) is 0 Å². The number of fused-ring (bicyclic) bond motifs is 1. The van der Waals surface area contributed by atoms with E-state index in [9.17, 15) is 9.59 Å². The minimum atomic E-state index is -0.761. The highest BCUT2D eigenvalue weighted by Crippen LogP contribution is 2.15. The van der Waals surface area contributed by atoms with Crippen LogP contribution in [0, 0.1) is 20.8 Å². The molecule has 0 atom stereocenters. The first-order chi connectivity index (χ1) is 14.4. The summed E-state index contributed by atoms with van der Waals surface area (Å²) < 4.78 is 6.51. The Bertz CT molecular complexity index is 1060. The van der Waals surface area contributed by atoms with Crippen LogP contribution in [-0.4, -0.2) is 57.7 Å². The van der Waals surface area contributed by atoms with Crippen molar-refractivity contribution in [2.75, 3.05) is 31.1 Å². The van der Waals surface area contributed by atoms with E-state index in [1.165, 1.54) is 10.1 Å². The molecule has 0 fully saturated rings. The Morgan fingerprint density at radius 3 is 2.70 bits per heavy atom. The summed E-state index contributed by atoms with van der Waals surface area (Å²) in [6, 6.07) is 10.0. The van der Waals surface area contributed by atoms with Crippen LogP contribution in [0.4, 0.5) is 5.69 Å². The zero-order valence-corrected chi connectivity index (χ0v) is 17.7. The van der Waals surface area contributed by atoms with Gasteiger partial charge in [-0.25, -0.2) is 14.3 Å². The van der Waals surface area contributed by atoms with Gasteiger partial charge in [-0.2, -0.15) is 4.98 Å². The van der Waals surface area contributed by atoms with E-state index in [4.69, 9.17) is 4.74 Å². The van der Waals surface area contributed by atoms with Gasteiger partial charge in [0.1, 0.15) is 0 Å². The van der Waals surface area contributed by atoms with Crippen LogP contribution in [0.15, 0.2) is 30.3 Å². The first-order valence-corrected chi connectivity index (χ1v) is 9.84. The largest absolute Gasteiger partial charge is 0.450 e. The molecule has 0 aliphatic heterocycles. The predicted octanol–water partition coefficient (Wildman–Crippen LogP) is 1.85. The van der Waals surface area contributed by atoms with E-state index < -0.39 is 12.6 Å². The van der Waals surface area contributed by atoms with Gasteiger partial charge in [0.2, 0.25) is 0 Å². The molecule has 0 saturated carbocycles. The van der Waals surface area contributed by atoms with Crippen molar-refractivity contribution >= 4 is 23.3 Å². The fraction of sp³-hybridized carbons (Fsp3) is 0.381. The minimum absolute atomic E-state index is 0.124. The summed E-state index contributed by atoms with van der Waals surface area (Å²) in [6.45, 7) is 9.30. The molecule has 0 unspecified atom stereocenters. The molecule has 0 radical (unpaired) electrons. The lowest BCUT2D eigenvalue weighted by Gasteiger charge is -2.23. The van der Waals surface area contributed by atoms with Crippen molar-refractivity contribution < 1.29 is 14.3 Å². The van der Waals surface area contributed by atoms with Crippen LogP contribution in [0.25, 0.3) is 5.78 Å². The van der Waals surface area contributed by atoms with E-state index in [0.29, 0.717) is 18.9 Å². The van der Waals surface area contributed by atoms with E-state index in [2.05, 4.69) is 38.3 Å².